The Hall–Kier alpha value is -3.39. The van der Waals surface area contributed by atoms with Crippen molar-refractivity contribution in [2.45, 2.75) is 46.5 Å². The highest BCUT2D eigenvalue weighted by atomic mass is 32.1. The second-order valence-electron chi connectivity index (χ2n) is 8.62. The molecular weight excluding hydrogens is 420 g/mol. The molecule has 1 N–H and O–H groups in total. The van der Waals surface area contributed by atoms with E-state index in [1.54, 1.807) is 0 Å². The molecule has 4 rings (SSSR count). The van der Waals surface area contributed by atoms with E-state index in [4.69, 9.17) is 0 Å². The van der Waals surface area contributed by atoms with Crippen LogP contribution in [0.25, 0.3) is 17.2 Å². The summed E-state index contributed by atoms with van der Waals surface area (Å²) >= 11 is 1.13. The Bertz CT molecular complexity index is 1250. The predicted molar refractivity (Wildman–Crippen MR) is 127 cm³/mol. The fourth-order valence-electron chi connectivity index (χ4n) is 3.44. The van der Waals surface area contributed by atoms with Gasteiger partial charge in [0.2, 0.25) is 5.13 Å². The van der Waals surface area contributed by atoms with Gasteiger partial charge in [-0.1, -0.05) is 63.2 Å². The van der Waals surface area contributed by atoms with E-state index in [0.717, 1.165) is 29.3 Å². The number of para-hydroxylation sites is 1. The number of hydrogen-bond donors (Lipinski definition) is 1. The van der Waals surface area contributed by atoms with Crippen molar-refractivity contribution in [1.82, 2.24) is 24.4 Å². The Balaban J connectivity index is 1.53. The Labute approximate surface area is 191 Å². The molecule has 0 spiro atoms. The maximum atomic E-state index is 12.6. The van der Waals surface area contributed by atoms with E-state index in [2.05, 4.69) is 58.7 Å². The summed E-state index contributed by atoms with van der Waals surface area (Å²) in [5, 5.41) is 11.9. The average Bonchev–Trinajstić information content (AvgIpc) is 3.39. The lowest BCUT2D eigenvalue weighted by Crippen LogP contribution is -2.14. The van der Waals surface area contributed by atoms with Gasteiger partial charge in [0, 0.05) is 17.1 Å². The first-order valence-corrected chi connectivity index (χ1v) is 11.3. The standard InChI is InChI=1S/C24H26N6OS/c1-6-16-9-7-8-10-19(16)30-15(2)20(27-29-30)21-25-23(32-28-21)26-22(31)17-11-13-18(14-12-17)24(3,4)5/h7-14H,6H2,1-5H3,(H,25,26,28,31). The van der Waals surface area contributed by atoms with Gasteiger partial charge in [-0.15, -0.1) is 5.10 Å². The molecule has 0 aliphatic rings. The third-order valence-electron chi connectivity index (χ3n) is 5.37. The van der Waals surface area contributed by atoms with Crippen LogP contribution in [0.1, 0.15) is 54.9 Å². The van der Waals surface area contributed by atoms with Gasteiger partial charge in [0.05, 0.1) is 11.4 Å². The topological polar surface area (TPSA) is 85.6 Å². The van der Waals surface area contributed by atoms with Crippen LogP contribution in [0.2, 0.25) is 0 Å². The minimum atomic E-state index is -0.217. The fraction of sp³-hybridized carbons (Fsp3) is 0.292. The summed E-state index contributed by atoms with van der Waals surface area (Å²) in [6.45, 7) is 10.5. The van der Waals surface area contributed by atoms with Crippen LogP contribution in [0.5, 0.6) is 0 Å². The summed E-state index contributed by atoms with van der Waals surface area (Å²) < 4.78 is 6.20. The highest BCUT2D eigenvalue weighted by Gasteiger charge is 2.19. The molecular formula is C24H26N6OS. The van der Waals surface area contributed by atoms with Crippen molar-refractivity contribution >= 4 is 22.6 Å². The van der Waals surface area contributed by atoms with Crippen LogP contribution in [0.3, 0.4) is 0 Å². The van der Waals surface area contributed by atoms with Crippen molar-refractivity contribution in [3.8, 4) is 17.2 Å². The number of aryl methyl sites for hydroxylation is 1. The quantitative estimate of drug-likeness (QED) is 0.455. The van der Waals surface area contributed by atoms with Crippen LogP contribution in [-0.2, 0) is 11.8 Å². The van der Waals surface area contributed by atoms with Crippen molar-refractivity contribution in [2.24, 2.45) is 0 Å². The van der Waals surface area contributed by atoms with E-state index in [-0.39, 0.29) is 11.3 Å². The first kappa shape index (κ1) is 21.8. The van der Waals surface area contributed by atoms with Gasteiger partial charge in [-0.3, -0.25) is 10.1 Å². The number of rotatable bonds is 5. The SMILES string of the molecule is CCc1ccccc1-n1nnc(-c2nsc(NC(=O)c3ccc(C(C)(C)C)cc3)n2)c1C. The van der Waals surface area contributed by atoms with Gasteiger partial charge in [0.1, 0.15) is 0 Å². The molecule has 164 valence electrons. The number of carbonyl (C=O) groups excluding carboxylic acids is 1. The predicted octanol–water partition coefficient (Wildman–Crippen LogP) is 5.21. The van der Waals surface area contributed by atoms with Gasteiger partial charge in [-0.25, -0.2) is 4.68 Å². The van der Waals surface area contributed by atoms with Crippen LogP contribution in [0.4, 0.5) is 5.13 Å². The molecule has 0 radical (unpaired) electrons. The maximum absolute atomic E-state index is 12.6. The van der Waals surface area contributed by atoms with Crippen molar-refractivity contribution in [3.63, 3.8) is 0 Å². The van der Waals surface area contributed by atoms with E-state index in [0.29, 0.717) is 22.2 Å². The summed E-state index contributed by atoms with van der Waals surface area (Å²) in [6, 6.07) is 15.7. The van der Waals surface area contributed by atoms with Crippen LogP contribution in [-0.4, -0.2) is 30.3 Å². The lowest BCUT2D eigenvalue weighted by atomic mass is 9.87. The third-order valence-corrected chi connectivity index (χ3v) is 6.00. The molecule has 0 saturated carbocycles. The molecule has 0 aliphatic carbocycles. The molecule has 0 bridgehead atoms. The van der Waals surface area contributed by atoms with Gasteiger partial charge >= 0.3 is 0 Å². The van der Waals surface area contributed by atoms with Crippen LogP contribution < -0.4 is 5.32 Å². The Morgan fingerprint density at radius 2 is 1.81 bits per heavy atom. The molecule has 2 heterocycles. The summed E-state index contributed by atoms with van der Waals surface area (Å²) in [7, 11) is 0. The van der Waals surface area contributed by atoms with Crippen molar-refractivity contribution in [1.29, 1.82) is 0 Å². The zero-order valence-corrected chi connectivity index (χ0v) is 19.7. The number of nitrogens with one attached hydrogen (secondary N) is 1. The summed E-state index contributed by atoms with van der Waals surface area (Å²) in [6.07, 6.45) is 0.896. The zero-order valence-electron chi connectivity index (χ0n) is 18.9. The molecule has 7 nitrogen and oxygen atoms in total. The minimum Gasteiger partial charge on any atom is -0.297 e. The number of aromatic nitrogens is 5. The number of nitrogens with zero attached hydrogens (tertiary/aromatic N) is 5. The monoisotopic (exact) mass is 446 g/mol. The summed E-state index contributed by atoms with van der Waals surface area (Å²) in [4.78, 5) is 17.1. The van der Waals surface area contributed by atoms with E-state index >= 15 is 0 Å². The number of hydrogen-bond acceptors (Lipinski definition) is 6. The number of carbonyl (C=O) groups is 1. The lowest BCUT2D eigenvalue weighted by molar-refractivity contribution is 0.102. The molecule has 4 aromatic rings. The normalized spacial score (nSPS) is 11.5. The van der Waals surface area contributed by atoms with E-state index < -0.39 is 0 Å². The molecule has 0 fully saturated rings. The molecule has 1 amide bonds. The summed E-state index contributed by atoms with van der Waals surface area (Å²) in [5.41, 5.74) is 5.42. The summed E-state index contributed by atoms with van der Waals surface area (Å²) in [5.74, 6) is 0.233. The van der Waals surface area contributed by atoms with Gasteiger partial charge in [-0.2, -0.15) is 9.36 Å². The first-order valence-electron chi connectivity index (χ1n) is 10.5. The Morgan fingerprint density at radius 3 is 2.50 bits per heavy atom. The van der Waals surface area contributed by atoms with Gasteiger partial charge in [-0.05, 0) is 48.1 Å². The molecule has 0 aliphatic heterocycles. The van der Waals surface area contributed by atoms with Crippen LogP contribution in [0.15, 0.2) is 48.5 Å². The zero-order chi connectivity index (χ0) is 22.9. The van der Waals surface area contributed by atoms with Crippen molar-refractivity contribution in [3.05, 3.63) is 70.9 Å². The fourth-order valence-corrected chi connectivity index (χ4v) is 4.01. The van der Waals surface area contributed by atoms with Crippen LogP contribution in [0, 0.1) is 6.92 Å². The van der Waals surface area contributed by atoms with E-state index in [1.165, 1.54) is 11.1 Å². The molecule has 32 heavy (non-hydrogen) atoms. The second-order valence-corrected chi connectivity index (χ2v) is 9.37. The third kappa shape index (κ3) is 4.31. The smallest absolute Gasteiger partial charge is 0.257 e. The van der Waals surface area contributed by atoms with Gasteiger partial charge in [0.15, 0.2) is 11.5 Å². The van der Waals surface area contributed by atoms with E-state index in [9.17, 15) is 4.79 Å². The molecule has 8 heteroatoms. The number of benzene rings is 2. The average molecular weight is 447 g/mol. The van der Waals surface area contributed by atoms with Gasteiger partial charge in [0.25, 0.3) is 5.91 Å². The highest BCUT2D eigenvalue weighted by molar-refractivity contribution is 7.10. The van der Waals surface area contributed by atoms with E-state index in [1.807, 2.05) is 54.1 Å². The maximum Gasteiger partial charge on any atom is 0.257 e. The first-order chi connectivity index (χ1) is 15.3. The Kier molecular flexibility index (Phi) is 5.88. The largest absolute Gasteiger partial charge is 0.297 e. The Morgan fingerprint density at radius 1 is 1.09 bits per heavy atom. The van der Waals surface area contributed by atoms with Crippen LogP contribution >= 0.6 is 11.5 Å². The van der Waals surface area contributed by atoms with Crippen molar-refractivity contribution in [2.75, 3.05) is 5.32 Å². The molecule has 0 saturated heterocycles. The molecule has 0 unspecified atom stereocenters. The van der Waals surface area contributed by atoms with Crippen molar-refractivity contribution < 1.29 is 4.79 Å². The second kappa shape index (κ2) is 8.63. The highest BCUT2D eigenvalue weighted by Crippen LogP contribution is 2.26. The lowest BCUT2D eigenvalue weighted by Gasteiger charge is -2.18. The minimum absolute atomic E-state index is 0.0378. The number of anilines is 1. The number of amides is 1. The molecule has 2 aromatic carbocycles. The molecule has 0 atom stereocenters. The van der Waals surface area contributed by atoms with Gasteiger partial charge < -0.3 is 0 Å². The molecule has 2 aromatic heterocycles.